The van der Waals surface area contributed by atoms with E-state index in [1.54, 1.807) is 25.3 Å². The van der Waals surface area contributed by atoms with Crippen LogP contribution in [0.4, 0.5) is 0 Å². The van der Waals surface area contributed by atoms with Gasteiger partial charge in [0.1, 0.15) is 0 Å². The molecule has 1 atom stereocenters. The molecule has 0 aliphatic carbocycles. The van der Waals surface area contributed by atoms with Gasteiger partial charge in [0.25, 0.3) is 5.91 Å². The molecule has 0 fully saturated rings. The first-order valence-electron chi connectivity index (χ1n) is 7.15. The minimum absolute atomic E-state index is 0.241. The van der Waals surface area contributed by atoms with Crippen molar-refractivity contribution < 1.29 is 14.1 Å². The molecule has 2 aromatic rings. The number of benzene rings is 1. The Labute approximate surface area is 140 Å². The number of methoxy groups -OCH3 is 1. The van der Waals surface area contributed by atoms with E-state index in [0.29, 0.717) is 23.9 Å². The van der Waals surface area contributed by atoms with Crippen LogP contribution in [0.25, 0.3) is 0 Å². The van der Waals surface area contributed by atoms with Crippen LogP contribution in [0.5, 0.6) is 0 Å². The molecule has 0 saturated carbocycles. The highest BCUT2D eigenvalue weighted by Crippen LogP contribution is 2.19. The van der Waals surface area contributed by atoms with Crippen LogP contribution in [0.3, 0.4) is 0 Å². The molecule has 1 amide bonds. The number of halogens is 1. The SMILES string of the molecule is COCC(NC(=O)c1cc(CN(C)C)on1)c1cccc(Cl)c1. The van der Waals surface area contributed by atoms with Crippen LogP contribution in [0.2, 0.25) is 5.02 Å². The molecule has 1 unspecified atom stereocenters. The molecular formula is C16H20ClN3O3. The van der Waals surface area contributed by atoms with Crippen LogP contribution in [-0.2, 0) is 11.3 Å². The van der Waals surface area contributed by atoms with Crippen molar-refractivity contribution in [1.82, 2.24) is 15.4 Å². The number of amides is 1. The highest BCUT2D eigenvalue weighted by molar-refractivity contribution is 6.30. The van der Waals surface area contributed by atoms with Gasteiger partial charge in [-0.2, -0.15) is 0 Å². The van der Waals surface area contributed by atoms with Gasteiger partial charge in [-0.05, 0) is 31.8 Å². The van der Waals surface area contributed by atoms with Crippen LogP contribution >= 0.6 is 11.6 Å². The van der Waals surface area contributed by atoms with Crippen molar-refractivity contribution in [3.8, 4) is 0 Å². The van der Waals surface area contributed by atoms with Crippen LogP contribution in [-0.4, -0.2) is 43.8 Å². The second kappa shape index (κ2) is 8.10. The monoisotopic (exact) mass is 337 g/mol. The average molecular weight is 338 g/mol. The summed E-state index contributed by atoms with van der Waals surface area (Å²) in [5.74, 6) is 0.312. The Morgan fingerprint density at radius 1 is 1.43 bits per heavy atom. The van der Waals surface area contributed by atoms with Gasteiger partial charge in [0.15, 0.2) is 11.5 Å². The maximum Gasteiger partial charge on any atom is 0.274 e. The first-order valence-corrected chi connectivity index (χ1v) is 7.53. The summed E-state index contributed by atoms with van der Waals surface area (Å²) in [6, 6.07) is 8.61. The number of rotatable bonds is 7. The van der Waals surface area contributed by atoms with Crippen LogP contribution in [0.15, 0.2) is 34.9 Å². The number of hydrogen-bond donors (Lipinski definition) is 1. The van der Waals surface area contributed by atoms with E-state index in [-0.39, 0.29) is 17.6 Å². The molecule has 7 heteroatoms. The summed E-state index contributed by atoms with van der Waals surface area (Å²) in [6.07, 6.45) is 0. The third-order valence-corrected chi connectivity index (χ3v) is 3.39. The van der Waals surface area contributed by atoms with Crippen molar-refractivity contribution in [2.45, 2.75) is 12.6 Å². The zero-order valence-corrected chi connectivity index (χ0v) is 14.1. The second-order valence-corrected chi connectivity index (χ2v) is 5.89. The lowest BCUT2D eigenvalue weighted by molar-refractivity contribution is 0.0887. The van der Waals surface area contributed by atoms with E-state index in [9.17, 15) is 4.79 Å². The van der Waals surface area contributed by atoms with Crippen molar-refractivity contribution in [2.75, 3.05) is 27.8 Å². The van der Waals surface area contributed by atoms with Gasteiger partial charge in [-0.1, -0.05) is 28.9 Å². The number of hydrogen-bond acceptors (Lipinski definition) is 5. The van der Waals surface area contributed by atoms with Gasteiger partial charge in [0.2, 0.25) is 0 Å². The van der Waals surface area contributed by atoms with Crippen molar-refractivity contribution >= 4 is 17.5 Å². The molecular weight excluding hydrogens is 318 g/mol. The highest BCUT2D eigenvalue weighted by Gasteiger charge is 2.19. The average Bonchev–Trinajstić information content (AvgIpc) is 2.94. The van der Waals surface area contributed by atoms with Crippen LogP contribution in [0, 0.1) is 0 Å². The number of nitrogens with zero attached hydrogens (tertiary/aromatic N) is 2. The minimum Gasteiger partial charge on any atom is -0.382 e. The summed E-state index contributed by atoms with van der Waals surface area (Å²) in [5.41, 5.74) is 1.11. The molecule has 124 valence electrons. The molecule has 1 aromatic heterocycles. The molecule has 1 heterocycles. The lowest BCUT2D eigenvalue weighted by Crippen LogP contribution is -2.31. The summed E-state index contributed by atoms with van der Waals surface area (Å²) >= 11 is 6.01. The number of carbonyl (C=O) groups excluding carboxylic acids is 1. The van der Waals surface area contributed by atoms with E-state index in [1.807, 2.05) is 31.1 Å². The molecule has 0 bridgehead atoms. The van der Waals surface area contributed by atoms with E-state index in [0.717, 1.165) is 5.56 Å². The smallest absolute Gasteiger partial charge is 0.274 e. The molecule has 0 radical (unpaired) electrons. The zero-order chi connectivity index (χ0) is 16.8. The summed E-state index contributed by atoms with van der Waals surface area (Å²) in [7, 11) is 5.40. The fourth-order valence-electron chi connectivity index (χ4n) is 2.15. The Morgan fingerprint density at radius 3 is 2.87 bits per heavy atom. The second-order valence-electron chi connectivity index (χ2n) is 5.45. The highest BCUT2D eigenvalue weighted by atomic mass is 35.5. The maximum absolute atomic E-state index is 12.4. The molecule has 0 saturated heterocycles. The Morgan fingerprint density at radius 2 is 2.22 bits per heavy atom. The number of nitrogens with one attached hydrogen (secondary N) is 1. The number of carbonyl (C=O) groups is 1. The Balaban J connectivity index is 2.10. The van der Waals surface area contributed by atoms with Crippen LogP contribution < -0.4 is 5.32 Å². The van der Waals surface area contributed by atoms with Gasteiger partial charge in [0, 0.05) is 18.2 Å². The topological polar surface area (TPSA) is 67.6 Å². The Kier molecular flexibility index (Phi) is 6.15. The fraction of sp³-hybridized carbons (Fsp3) is 0.375. The van der Waals surface area contributed by atoms with Crippen LogP contribution in [0.1, 0.15) is 27.9 Å². The normalized spacial score (nSPS) is 12.4. The standard InChI is InChI=1S/C16H20ClN3O3/c1-20(2)9-13-8-14(19-23-13)16(21)18-15(10-22-3)11-5-4-6-12(17)7-11/h4-8,15H,9-10H2,1-3H3,(H,18,21). The predicted octanol–water partition coefficient (Wildman–Crippen LogP) is 2.51. The molecule has 0 aliphatic heterocycles. The Bertz CT molecular complexity index is 658. The number of aromatic nitrogens is 1. The summed E-state index contributed by atoms with van der Waals surface area (Å²) in [6.45, 7) is 0.907. The van der Waals surface area contributed by atoms with Crippen molar-refractivity contribution in [3.05, 3.63) is 52.4 Å². The van der Waals surface area contributed by atoms with Crippen molar-refractivity contribution in [3.63, 3.8) is 0 Å². The first kappa shape index (κ1) is 17.5. The van der Waals surface area contributed by atoms with E-state index in [4.69, 9.17) is 20.9 Å². The van der Waals surface area contributed by atoms with E-state index in [2.05, 4.69) is 10.5 Å². The third kappa shape index (κ3) is 5.06. The minimum atomic E-state index is -0.319. The summed E-state index contributed by atoms with van der Waals surface area (Å²) in [4.78, 5) is 14.3. The molecule has 2 rings (SSSR count). The molecule has 6 nitrogen and oxygen atoms in total. The van der Waals surface area contributed by atoms with E-state index in [1.165, 1.54) is 0 Å². The summed E-state index contributed by atoms with van der Waals surface area (Å²) in [5, 5.41) is 7.30. The molecule has 1 aromatic carbocycles. The summed E-state index contributed by atoms with van der Waals surface area (Å²) < 4.78 is 10.3. The van der Waals surface area contributed by atoms with Gasteiger partial charge in [-0.15, -0.1) is 0 Å². The molecule has 0 spiro atoms. The zero-order valence-electron chi connectivity index (χ0n) is 13.4. The van der Waals surface area contributed by atoms with E-state index < -0.39 is 0 Å². The lowest BCUT2D eigenvalue weighted by atomic mass is 10.1. The fourth-order valence-corrected chi connectivity index (χ4v) is 2.35. The first-order chi connectivity index (χ1) is 11.0. The third-order valence-electron chi connectivity index (χ3n) is 3.15. The van der Waals surface area contributed by atoms with Gasteiger partial charge >= 0.3 is 0 Å². The lowest BCUT2D eigenvalue weighted by Gasteiger charge is -2.17. The molecule has 23 heavy (non-hydrogen) atoms. The Hall–Kier alpha value is -1.89. The molecule has 1 N–H and O–H groups in total. The van der Waals surface area contributed by atoms with Gasteiger partial charge in [0.05, 0.1) is 19.2 Å². The van der Waals surface area contributed by atoms with Crippen molar-refractivity contribution in [1.29, 1.82) is 0 Å². The van der Waals surface area contributed by atoms with Gasteiger partial charge in [-0.25, -0.2) is 0 Å². The van der Waals surface area contributed by atoms with Gasteiger partial charge in [-0.3, -0.25) is 4.79 Å². The largest absolute Gasteiger partial charge is 0.382 e. The van der Waals surface area contributed by atoms with E-state index >= 15 is 0 Å². The molecule has 0 aliphatic rings. The van der Waals surface area contributed by atoms with Gasteiger partial charge < -0.3 is 19.5 Å². The quantitative estimate of drug-likeness (QED) is 0.840. The van der Waals surface area contributed by atoms with Crippen molar-refractivity contribution in [2.24, 2.45) is 0 Å². The number of ether oxygens (including phenoxy) is 1. The predicted molar refractivity (Wildman–Crippen MR) is 87.4 cm³/mol. The maximum atomic E-state index is 12.4.